The predicted octanol–water partition coefficient (Wildman–Crippen LogP) is 1.78. The number of para-hydroxylation sites is 1. The first-order valence-electron chi connectivity index (χ1n) is 5.61. The Morgan fingerprint density at radius 3 is 2.95 bits per heavy atom. The molecule has 1 N–H and O–H groups in total. The highest BCUT2D eigenvalue weighted by Crippen LogP contribution is 2.27. The van der Waals surface area contributed by atoms with Gasteiger partial charge in [0.1, 0.15) is 17.3 Å². The second kappa shape index (κ2) is 5.64. The average Bonchev–Trinajstić information content (AvgIpc) is 2.91. The van der Waals surface area contributed by atoms with Crippen LogP contribution < -0.4 is 5.32 Å². The van der Waals surface area contributed by atoms with Crippen molar-refractivity contribution >= 4 is 11.4 Å². The summed E-state index contributed by atoms with van der Waals surface area (Å²) in [6.07, 6.45) is 3.47. The Labute approximate surface area is 109 Å². The molecule has 0 aliphatic heterocycles. The van der Waals surface area contributed by atoms with Crippen molar-refractivity contribution in [2.75, 3.05) is 11.9 Å². The fourth-order valence-corrected chi connectivity index (χ4v) is 1.71. The number of nitro groups is 1. The summed E-state index contributed by atoms with van der Waals surface area (Å²) in [5.41, 5.74) is 0.204. The van der Waals surface area contributed by atoms with E-state index in [9.17, 15) is 10.1 Å². The van der Waals surface area contributed by atoms with E-state index in [0.29, 0.717) is 18.8 Å². The summed E-state index contributed by atoms with van der Waals surface area (Å²) in [6, 6.07) is 8.25. The molecule has 0 fully saturated rings. The number of nitriles is 1. The molecule has 0 saturated carbocycles. The number of rotatable bonds is 5. The van der Waals surface area contributed by atoms with Crippen molar-refractivity contribution in [2.24, 2.45) is 0 Å². The van der Waals surface area contributed by atoms with Gasteiger partial charge in [0.2, 0.25) is 0 Å². The number of nitrogens with zero attached hydrogens (tertiary/aromatic N) is 4. The van der Waals surface area contributed by atoms with Crippen LogP contribution in [-0.4, -0.2) is 21.2 Å². The van der Waals surface area contributed by atoms with E-state index in [1.165, 1.54) is 6.07 Å². The lowest BCUT2D eigenvalue weighted by Crippen LogP contribution is -2.12. The van der Waals surface area contributed by atoms with Crippen LogP contribution in [0.15, 0.2) is 36.7 Å². The molecule has 0 amide bonds. The van der Waals surface area contributed by atoms with Gasteiger partial charge in [-0.2, -0.15) is 10.4 Å². The molecule has 0 spiro atoms. The van der Waals surface area contributed by atoms with Gasteiger partial charge in [-0.05, 0) is 18.2 Å². The number of nitro benzene ring substituents is 1. The first-order chi connectivity index (χ1) is 9.22. The van der Waals surface area contributed by atoms with Crippen LogP contribution in [0, 0.1) is 21.4 Å². The predicted molar refractivity (Wildman–Crippen MR) is 68.5 cm³/mol. The molecule has 0 radical (unpaired) electrons. The van der Waals surface area contributed by atoms with E-state index in [-0.39, 0.29) is 11.3 Å². The van der Waals surface area contributed by atoms with Crippen LogP contribution in [0.5, 0.6) is 0 Å². The zero-order valence-corrected chi connectivity index (χ0v) is 9.98. The number of hydrogen-bond donors (Lipinski definition) is 1. The van der Waals surface area contributed by atoms with Crippen LogP contribution >= 0.6 is 0 Å². The van der Waals surface area contributed by atoms with Crippen molar-refractivity contribution in [1.29, 1.82) is 5.26 Å². The van der Waals surface area contributed by atoms with Crippen LogP contribution in [0.3, 0.4) is 0 Å². The first kappa shape index (κ1) is 12.6. The Morgan fingerprint density at radius 2 is 2.32 bits per heavy atom. The lowest BCUT2D eigenvalue weighted by Gasteiger charge is -2.07. The third kappa shape index (κ3) is 2.87. The summed E-state index contributed by atoms with van der Waals surface area (Å²) in [7, 11) is 0. The number of anilines is 1. The Bertz CT molecular complexity index is 616. The first-order valence-corrected chi connectivity index (χ1v) is 5.61. The van der Waals surface area contributed by atoms with E-state index >= 15 is 0 Å². The Hall–Kier alpha value is -2.88. The maximum absolute atomic E-state index is 11.0. The van der Waals surface area contributed by atoms with Crippen molar-refractivity contribution in [3.05, 3.63) is 52.3 Å². The molecular formula is C12H11N5O2. The van der Waals surface area contributed by atoms with Gasteiger partial charge in [0.15, 0.2) is 0 Å². The van der Waals surface area contributed by atoms with Gasteiger partial charge in [0, 0.05) is 18.9 Å². The molecule has 1 aromatic carbocycles. The molecule has 0 aliphatic rings. The fourth-order valence-electron chi connectivity index (χ4n) is 1.71. The zero-order valence-electron chi connectivity index (χ0n) is 9.98. The van der Waals surface area contributed by atoms with Gasteiger partial charge < -0.3 is 5.32 Å². The summed E-state index contributed by atoms with van der Waals surface area (Å²) in [5, 5.41) is 26.8. The SMILES string of the molecule is N#Cc1cccc(NCCn2cccn2)c1[N+](=O)[O-]. The molecule has 0 saturated heterocycles. The highest BCUT2D eigenvalue weighted by molar-refractivity contribution is 5.68. The van der Waals surface area contributed by atoms with Gasteiger partial charge in [-0.3, -0.25) is 14.8 Å². The maximum Gasteiger partial charge on any atom is 0.309 e. The molecule has 1 heterocycles. The molecule has 2 aromatic rings. The molecule has 0 unspecified atom stereocenters. The Kier molecular flexibility index (Phi) is 3.73. The van der Waals surface area contributed by atoms with Crippen molar-refractivity contribution in [2.45, 2.75) is 6.54 Å². The van der Waals surface area contributed by atoms with Gasteiger partial charge in [-0.15, -0.1) is 0 Å². The van der Waals surface area contributed by atoms with E-state index in [4.69, 9.17) is 5.26 Å². The second-order valence-corrected chi connectivity index (χ2v) is 3.77. The molecule has 0 bridgehead atoms. The minimum Gasteiger partial charge on any atom is -0.378 e. The second-order valence-electron chi connectivity index (χ2n) is 3.77. The maximum atomic E-state index is 11.0. The third-order valence-corrected chi connectivity index (χ3v) is 2.55. The molecule has 0 aliphatic carbocycles. The molecule has 19 heavy (non-hydrogen) atoms. The quantitative estimate of drug-likeness (QED) is 0.650. The molecule has 1 aromatic heterocycles. The van der Waals surface area contributed by atoms with Crippen LogP contribution in [0.1, 0.15) is 5.56 Å². The van der Waals surface area contributed by atoms with E-state index in [0.717, 1.165) is 0 Å². The summed E-state index contributed by atoms with van der Waals surface area (Å²) >= 11 is 0. The van der Waals surface area contributed by atoms with Crippen molar-refractivity contribution in [3.8, 4) is 6.07 Å². The molecular weight excluding hydrogens is 246 g/mol. The van der Waals surface area contributed by atoms with Crippen LogP contribution in [-0.2, 0) is 6.54 Å². The zero-order chi connectivity index (χ0) is 13.7. The summed E-state index contributed by atoms with van der Waals surface area (Å²) in [4.78, 5) is 10.4. The highest BCUT2D eigenvalue weighted by Gasteiger charge is 2.18. The van der Waals surface area contributed by atoms with E-state index < -0.39 is 4.92 Å². The average molecular weight is 257 g/mol. The van der Waals surface area contributed by atoms with Gasteiger partial charge >= 0.3 is 5.69 Å². The standard InChI is InChI=1S/C12H11N5O2/c13-9-10-3-1-4-11(12(10)17(18)19)14-6-8-16-7-2-5-15-16/h1-5,7,14H,6,8H2. The monoisotopic (exact) mass is 257 g/mol. The number of benzene rings is 1. The molecule has 0 atom stereocenters. The Balaban J connectivity index is 2.12. The Morgan fingerprint density at radius 1 is 1.47 bits per heavy atom. The number of aromatic nitrogens is 2. The number of hydrogen-bond acceptors (Lipinski definition) is 5. The van der Waals surface area contributed by atoms with Gasteiger partial charge in [-0.1, -0.05) is 6.07 Å². The van der Waals surface area contributed by atoms with Crippen molar-refractivity contribution in [1.82, 2.24) is 9.78 Å². The van der Waals surface area contributed by atoms with Gasteiger partial charge in [-0.25, -0.2) is 0 Å². The fraction of sp³-hybridized carbons (Fsp3) is 0.167. The highest BCUT2D eigenvalue weighted by atomic mass is 16.6. The van der Waals surface area contributed by atoms with Crippen molar-refractivity contribution < 1.29 is 4.92 Å². The largest absolute Gasteiger partial charge is 0.378 e. The van der Waals surface area contributed by atoms with E-state index in [1.54, 1.807) is 29.1 Å². The summed E-state index contributed by atoms with van der Waals surface area (Å²) in [5.74, 6) is 0. The minimum absolute atomic E-state index is 0.0501. The van der Waals surface area contributed by atoms with Crippen LogP contribution in [0.4, 0.5) is 11.4 Å². The third-order valence-electron chi connectivity index (χ3n) is 2.55. The van der Waals surface area contributed by atoms with Crippen molar-refractivity contribution in [3.63, 3.8) is 0 Å². The lowest BCUT2D eigenvalue weighted by atomic mass is 10.1. The molecule has 7 nitrogen and oxygen atoms in total. The van der Waals surface area contributed by atoms with Gasteiger partial charge in [0.25, 0.3) is 0 Å². The molecule has 2 rings (SSSR count). The molecule has 7 heteroatoms. The molecule has 96 valence electrons. The smallest absolute Gasteiger partial charge is 0.309 e. The van der Waals surface area contributed by atoms with E-state index in [2.05, 4.69) is 10.4 Å². The summed E-state index contributed by atoms with van der Waals surface area (Å²) in [6.45, 7) is 1.07. The topological polar surface area (TPSA) is 96.8 Å². The summed E-state index contributed by atoms with van der Waals surface area (Å²) < 4.78 is 1.72. The lowest BCUT2D eigenvalue weighted by molar-refractivity contribution is -0.384. The van der Waals surface area contributed by atoms with E-state index in [1.807, 2.05) is 12.3 Å². The van der Waals surface area contributed by atoms with Crippen LogP contribution in [0.25, 0.3) is 0 Å². The van der Waals surface area contributed by atoms with Gasteiger partial charge in [0.05, 0.1) is 11.5 Å². The van der Waals surface area contributed by atoms with Crippen LogP contribution in [0.2, 0.25) is 0 Å². The normalized spacial score (nSPS) is 9.84. The minimum atomic E-state index is -0.547. The number of nitrogens with one attached hydrogen (secondary N) is 1.